The van der Waals surface area contributed by atoms with E-state index in [0.717, 1.165) is 33.2 Å². The molecule has 1 spiro atoms. The molecule has 8 aromatic rings. The van der Waals surface area contributed by atoms with E-state index in [0.29, 0.717) is 28.2 Å². The molecule has 6 atom stereocenters. The predicted octanol–water partition coefficient (Wildman–Crippen LogP) is 6.65. The molecular formula is C50H38N8O5. The highest BCUT2D eigenvalue weighted by molar-refractivity contribution is 6.12. The van der Waals surface area contributed by atoms with Crippen LogP contribution < -0.4 is 10.6 Å². The summed E-state index contributed by atoms with van der Waals surface area (Å²) >= 11 is 0. The van der Waals surface area contributed by atoms with Crippen molar-refractivity contribution in [1.82, 2.24) is 35.2 Å². The van der Waals surface area contributed by atoms with Gasteiger partial charge in [-0.3, -0.25) is 19.3 Å². The third kappa shape index (κ3) is 6.22. The first-order chi connectivity index (χ1) is 30.9. The largest absolute Gasteiger partial charge is 0.508 e. The van der Waals surface area contributed by atoms with Crippen LogP contribution in [0.2, 0.25) is 0 Å². The predicted molar refractivity (Wildman–Crippen MR) is 234 cm³/mol. The Morgan fingerprint density at radius 1 is 0.794 bits per heavy atom. The van der Waals surface area contributed by atoms with E-state index in [-0.39, 0.29) is 18.8 Å². The number of esters is 1. The van der Waals surface area contributed by atoms with Crippen LogP contribution in [0.3, 0.4) is 0 Å². The normalized spacial score (nSPS) is 22.6. The number of imidazole rings is 1. The van der Waals surface area contributed by atoms with Gasteiger partial charge in [-0.05, 0) is 76.9 Å². The number of aromatic amines is 1. The second-order valence-corrected chi connectivity index (χ2v) is 16.0. The lowest BCUT2D eigenvalue weighted by molar-refractivity contribution is -0.178. The standard InChI is InChI=1S/C50H38N8O5/c59-34-24-22-33(23-25-34)46-50(35-28-30(21-26-36(35)54-49(50)62)12-11-27-57-40-20-10-9-19-39(40)55-56-57)42(47(60)51-29-41-52-37-17-7-8-18-38(37)53-41)44-48(61)63-45(32-15-5-2-6-16-32)43(58(44)46)31-13-3-1-4-14-31/h1-10,13-26,28,42-46,59H,27,29H2,(H,51,60)(H,52,53)(H,54,62). The van der Waals surface area contributed by atoms with E-state index >= 15 is 14.4 Å². The molecule has 13 nitrogen and oxygen atoms in total. The SMILES string of the molecule is O=C1OC(c2ccccc2)C(c2ccccc2)N2C1C(C(=O)NCc1nc3ccccc3[nH]1)C1(C(=O)Nc3ccc(C#CCn4nnc5ccccc54)cc31)C2c1ccc(O)cc1. The quantitative estimate of drug-likeness (QED) is 0.102. The molecule has 5 heterocycles. The number of nitrogens with one attached hydrogen (secondary N) is 3. The van der Waals surface area contributed by atoms with Crippen molar-refractivity contribution >= 4 is 45.5 Å². The number of carbonyl (C=O) groups excluding carboxylic acids is 3. The number of carbonyl (C=O) groups is 3. The molecule has 2 aromatic heterocycles. The number of H-pyrrole nitrogens is 1. The van der Waals surface area contributed by atoms with Crippen LogP contribution in [-0.4, -0.2) is 58.8 Å². The van der Waals surface area contributed by atoms with Crippen molar-refractivity contribution in [2.45, 2.75) is 42.7 Å². The number of phenolic OH excluding ortho intramolecular Hbond substituents is 1. The molecule has 2 amide bonds. The molecule has 2 saturated heterocycles. The zero-order chi connectivity index (χ0) is 42.7. The van der Waals surface area contributed by atoms with Crippen LogP contribution >= 0.6 is 0 Å². The van der Waals surface area contributed by atoms with Gasteiger partial charge < -0.3 is 25.5 Å². The van der Waals surface area contributed by atoms with Crippen molar-refractivity contribution < 1.29 is 24.2 Å². The molecule has 3 aliphatic rings. The lowest BCUT2D eigenvalue weighted by atomic mass is 9.65. The number of aromatic hydroxyl groups is 1. The molecule has 2 fully saturated rings. The molecule has 6 aromatic carbocycles. The number of ether oxygens (including phenoxy) is 1. The van der Waals surface area contributed by atoms with Crippen molar-refractivity contribution in [2.75, 3.05) is 5.32 Å². The van der Waals surface area contributed by atoms with Crippen molar-refractivity contribution in [2.24, 2.45) is 5.92 Å². The summed E-state index contributed by atoms with van der Waals surface area (Å²) in [6.45, 7) is 0.252. The van der Waals surface area contributed by atoms with Crippen molar-refractivity contribution in [3.05, 3.63) is 185 Å². The Bertz CT molecular complexity index is 3110. The van der Waals surface area contributed by atoms with E-state index in [2.05, 4.69) is 42.8 Å². The fraction of sp³-hybridized carbons (Fsp3) is 0.160. The second kappa shape index (κ2) is 15.1. The number of aromatic nitrogens is 5. The fourth-order valence-corrected chi connectivity index (χ4v) is 9.95. The van der Waals surface area contributed by atoms with Crippen molar-refractivity contribution in [3.8, 4) is 17.6 Å². The molecule has 0 radical (unpaired) electrons. The maximum Gasteiger partial charge on any atom is 0.324 e. The molecule has 63 heavy (non-hydrogen) atoms. The minimum absolute atomic E-state index is 0.00253. The van der Waals surface area contributed by atoms with E-state index in [4.69, 9.17) is 4.74 Å². The van der Waals surface area contributed by atoms with Crippen molar-refractivity contribution in [1.29, 1.82) is 0 Å². The molecule has 4 N–H and O–H groups in total. The van der Waals surface area contributed by atoms with E-state index in [1.165, 1.54) is 0 Å². The smallest absolute Gasteiger partial charge is 0.324 e. The number of fused-ring (bicyclic) bond motifs is 5. The van der Waals surface area contributed by atoms with Crippen LogP contribution in [0, 0.1) is 17.8 Å². The summed E-state index contributed by atoms with van der Waals surface area (Å²) in [6.07, 6.45) is -0.819. The topological polar surface area (TPSA) is 167 Å². The Morgan fingerprint density at radius 2 is 1.51 bits per heavy atom. The van der Waals surface area contributed by atoms with Crippen LogP contribution in [0.1, 0.15) is 51.8 Å². The molecule has 0 saturated carbocycles. The van der Waals surface area contributed by atoms with Gasteiger partial charge >= 0.3 is 5.97 Å². The number of morpholine rings is 1. The minimum Gasteiger partial charge on any atom is -0.508 e. The zero-order valence-electron chi connectivity index (χ0n) is 33.6. The summed E-state index contributed by atoms with van der Waals surface area (Å²) in [7, 11) is 0. The molecule has 13 heteroatoms. The monoisotopic (exact) mass is 830 g/mol. The Kier molecular flexibility index (Phi) is 9.10. The third-order valence-corrected chi connectivity index (χ3v) is 12.5. The van der Waals surface area contributed by atoms with Gasteiger partial charge in [0.2, 0.25) is 11.8 Å². The summed E-state index contributed by atoms with van der Waals surface area (Å²) in [5, 5.41) is 25.4. The van der Waals surface area contributed by atoms with Gasteiger partial charge in [-0.1, -0.05) is 114 Å². The van der Waals surface area contributed by atoms with Crippen LogP contribution in [-0.2, 0) is 37.6 Å². The molecular weight excluding hydrogens is 793 g/mol. The Balaban J connectivity index is 1.10. The number of amides is 2. The van der Waals surface area contributed by atoms with Crippen LogP contribution in [0.5, 0.6) is 5.75 Å². The average Bonchev–Trinajstić information content (AvgIpc) is 4.08. The van der Waals surface area contributed by atoms with Gasteiger partial charge in [-0.25, -0.2) is 9.67 Å². The Morgan fingerprint density at radius 3 is 2.29 bits per heavy atom. The van der Waals surface area contributed by atoms with Crippen molar-refractivity contribution in [3.63, 3.8) is 0 Å². The molecule has 11 rings (SSSR count). The fourth-order valence-electron chi connectivity index (χ4n) is 9.95. The number of rotatable bonds is 7. The number of anilines is 1. The number of cyclic esters (lactones) is 1. The maximum absolute atomic E-state index is 15.5. The maximum atomic E-state index is 15.5. The number of nitrogens with zero attached hydrogens (tertiary/aromatic N) is 5. The van der Waals surface area contributed by atoms with Gasteiger partial charge in [0.25, 0.3) is 0 Å². The number of benzene rings is 6. The number of phenols is 1. The van der Waals surface area contributed by atoms with Gasteiger partial charge in [0.05, 0.1) is 41.1 Å². The molecule has 308 valence electrons. The number of para-hydroxylation sites is 3. The second-order valence-electron chi connectivity index (χ2n) is 16.0. The highest BCUT2D eigenvalue weighted by Gasteiger charge is 2.74. The Labute approximate surface area is 360 Å². The van der Waals surface area contributed by atoms with Gasteiger partial charge in [-0.2, -0.15) is 0 Å². The van der Waals surface area contributed by atoms with Gasteiger partial charge in [0, 0.05) is 11.3 Å². The van der Waals surface area contributed by atoms with E-state index in [9.17, 15) is 5.11 Å². The lowest BCUT2D eigenvalue weighted by Gasteiger charge is -2.46. The van der Waals surface area contributed by atoms with Gasteiger partial charge in [0.1, 0.15) is 41.2 Å². The number of hydrogen-bond acceptors (Lipinski definition) is 9. The van der Waals surface area contributed by atoms with Crippen LogP contribution in [0.25, 0.3) is 22.1 Å². The highest BCUT2D eigenvalue weighted by atomic mass is 16.6. The number of hydrogen-bond donors (Lipinski definition) is 4. The average molecular weight is 831 g/mol. The van der Waals surface area contributed by atoms with E-state index in [1.54, 1.807) is 35.0 Å². The molecule has 0 bridgehead atoms. The van der Waals surface area contributed by atoms with Crippen LogP contribution in [0.4, 0.5) is 5.69 Å². The first kappa shape index (κ1) is 37.9. The molecule has 3 aliphatic heterocycles. The zero-order valence-corrected chi connectivity index (χ0v) is 33.6. The molecule has 0 aliphatic carbocycles. The summed E-state index contributed by atoms with van der Waals surface area (Å²) < 4.78 is 8.24. The first-order valence-electron chi connectivity index (χ1n) is 20.7. The van der Waals surface area contributed by atoms with E-state index in [1.807, 2.05) is 126 Å². The van der Waals surface area contributed by atoms with Crippen LogP contribution in [0.15, 0.2) is 152 Å². The highest BCUT2D eigenvalue weighted by Crippen LogP contribution is 2.64. The minimum atomic E-state index is -1.73. The summed E-state index contributed by atoms with van der Waals surface area (Å²) in [5.74, 6) is 4.06. The van der Waals surface area contributed by atoms with Gasteiger partial charge in [0.15, 0.2) is 0 Å². The summed E-state index contributed by atoms with van der Waals surface area (Å²) in [4.78, 5) is 55.9. The lowest BCUT2D eigenvalue weighted by Crippen LogP contribution is -2.54. The first-order valence-corrected chi connectivity index (χ1v) is 20.7. The molecule has 6 unspecified atom stereocenters. The summed E-state index contributed by atoms with van der Waals surface area (Å²) in [5.41, 5.74) is 5.21. The van der Waals surface area contributed by atoms with E-state index < -0.39 is 53.3 Å². The summed E-state index contributed by atoms with van der Waals surface area (Å²) in [6, 6.07) is 43.7. The Hall–Kier alpha value is -8.08. The van der Waals surface area contributed by atoms with Gasteiger partial charge in [-0.15, -0.1) is 5.10 Å². The third-order valence-electron chi connectivity index (χ3n) is 12.5.